The average Bonchev–Trinajstić information content (AvgIpc) is 2.39. The van der Waals surface area contributed by atoms with Crippen molar-refractivity contribution in [3.05, 3.63) is 23.8 Å². The van der Waals surface area contributed by atoms with Crippen LogP contribution in [0.4, 0.5) is 5.69 Å². The molecule has 4 N–H and O–H groups in total. The molecule has 0 saturated carbocycles. The third-order valence-corrected chi connectivity index (χ3v) is 5.05. The van der Waals surface area contributed by atoms with Crippen LogP contribution >= 0.6 is 0 Å². The molecule has 0 aliphatic heterocycles. The summed E-state index contributed by atoms with van der Waals surface area (Å²) >= 11 is 0. The Labute approximate surface area is 126 Å². The van der Waals surface area contributed by atoms with Crippen molar-refractivity contribution >= 4 is 36.7 Å². The Hall–Kier alpha value is -1.88. The summed E-state index contributed by atoms with van der Waals surface area (Å²) in [4.78, 5) is -1.03. The second-order valence-corrected chi connectivity index (χ2v) is 7.43. The summed E-state index contributed by atoms with van der Waals surface area (Å²) in [6.45, 7) is 1.30. The summed E-state index contributed by atoms with van der Waals surface area (Å²) in [7, 11) is -7.67. The highest BCUT2D eigenvalue weighted by atomic mass is 32.2. The van der Waals surface area contributed by atoms with Gasteiger partial charge in [0.2, 0.25) is 0 Å². The van der Waals surface area contributed by atoms with Gasteiger partial charge in [-0.1, -0.05) is 0 Å². The molecule has 0 amide bonds. The molecule has 0 aliphatic carbocycles. The number of rotatable bonds is 3. The van der Waals surface area contributed by atoms with Crippen LogP contribution in [0.15, 0.2) is 28.0 Å². The fraction of sp³-hybridized carbons (Fsp3) is 0.167. The number of aromatic hydroxyl groups is 1. The van der Waals surface area contributed by atoms with E-state index in [0.29, 0.717) is 0 Å². The van der Waals surface area contributed by atoms with E-state index in [1.807, 2.05) is 0 Å². The molecule has 0 saturated heterocycles. The lowest BCUT2D eigenvalue weighted by Gasteiger charge is -2.14. The van der Waals surface area contributed by atoms with Gasteiger partial charge in [0.15, 0.2) is 0 Å². The predicted molar refractivity (Wildman–Crippen MR) is 79.5 cm³/mol. The lowest BCUT2D eigenvalue weighted by Crippen LogP contribution is -2.04. The van der Waals surface area contributed by atoms with E-state index in [-0.39, 0.29) is 22.0 Å². The lowest BCUT2D eigenvalue weighted by molar-refractivity contribution is 0.466. The third-order valence-electron chi connectivity index (χ3n) is 3.24. The number of phenolic OH excluding ortho intramolecular Hbond substituents is 1. The Morgan fingerprint density at radius 2 is 1.59 bits per heavy atom. The molecule has 0 heterocycles. The number of phenols is 1. The number of hydrogen-bond donors (Lipinski definition) is 4. The smallest absolute Gasteiger partial charge is 0.294 e. The highest BCUT2D eigenvalue weighted by molar-refractivity contribution is 7.86. The van der Waals surface area contributed by atoms with Crippen LogP contribution in [0.1, 0.15) is 5.56 Å². The Balaban J connectivity index is 3.05. The van der Waals surface area contributed by atoms with Crippen molar-refractivity contribution in [2.45, 2.75) is 16.7 Å². The van der Waals surface area contributed by atoms with Gasteiger partial charge >= 0.3 is 0 Å². The van der Waals surface area contributed by atoms with Crippen molar-refractivity contribution in [2.24, 2.45) is 0 Å². The Kier molecular flexibility index (Phi) is 3.81. The number of benzene rings is 2. The number of anilines is 1. The first-order chi connectivity index (χ1) is 9.96. The largest absolute Gasteiger partial charge is 0.507 e. The molecule has 8 nitrogen and oxygen atoms in total. The third kappa shape index (κ3) is 2.73. The molecule has 0 atom stereocenters. The number of nitrogens with one attached hydrogen (secondary N) is 1. The Morgan fingerprint density at radius 1 is 1.00 bits per heavy atom. The van der Waals surface area contributed by atoms with E-state index in [2.05, 4.69) is 5.32 Å². The summed E-state index contributed by atoms with van der Waals surface area (Å²) in [5.41, 5.74) is 0.0960. The van der Waals surface area contributed by atoms with Crippen LogP contribution in [0.5, 0.6) is 5.75 Å². The summed E-state index contributed by atoms with van der Waals surface area (Å²) in [5, 5.41) is 13.0. The van der Waals surface area contributed by atoms with E-state index in [4.69, 9.17) is 4.55 Å². The van der Waals surface area contributed by atoms with Crippen LogP contribution < -0.4 is 5.32 Å². The zero-order valence-electron chi connectivity index (χ0n) is 11.5. The summed E-state index contributed by atoms with van der Waals surface area (Å²) in [6.07, 6.45) is 0. The highest BCUT2D eigenvalue weighted by Gasteiger charge is 2.22. The molecule has 0 aromatic heterocycles. The zero-order valence-corrected chi connectivity index (χ0v) is 13.2. The van der Waals surface area contributed by atoms with Gasteiger partial charge in [-0.3, -0.25) is 9.11 Å². The van der Waals surface area contributed by atoms with Crippen LogP contribution in [0.25, 0.3) is 10.8 Å². The van der Waals surface area contributed by atoms with E-state index < -0.39 is 35.8 Å². The van der Waals surface area contributed by atoms with Gasteiger partial charge in [0.25, 0.3) is 20.2 Å². The fourth-order valence-electron chi connectivity index (χ4n) is 2.18. The minimum Gasteiger partial charge on any atom is -0.507 e. The normalized spacial score (nSPS) is 12.5. The van der Waals surface area contributed by atoms with E-state index >= 15 is 0 Å². The van der Waals surface area contributed by atoms with Gasteiger partial charge in [-0.2, -0.15) is 16.8 Å². The predicted octanol–water partition coefficient (Wildman–Crippen LogP) is 1.39. The Morgan fingerprint density at radius 3 is 2.05 bits per heavy atom. The zero-order chi connectivity index (χ0) is 16.9. The minimum atomic E-state index is -4.61. The topological polar surface area (TPSA) is 141 Å². The molecule has 0 aliphatic rings. The van der Waals surface area contributed by atoms with E-state index in [1.54, 1.807) is 0 Å². The lowest BCUT2D eigenvalue weighted by atomic mass is 10.0. The van der Waals surface area contributed by atoms with Gasteiger partial charge in [-0.05, 0) is 30.5 Å². The molecule has 0 radical (unpaired) electrons. The Bertz CT molecular complexity index is 978. The van der Waals surface area contributed by atoms with Crippen molar-refractivity contribution in [1.29, 1.82) is 0 Å². The molecule has 0 unspecified atom stereocenters. The van der Waals surface area contributed by atoms with Gasteiger partial charge in [0, 0.05) is 23.7 Å². The molecule has 2 aromatic rings. The summed E-state index contributed by atoms with van der Waals surface area (Å²) in [5.74, 6) is -0.420. The first-order valence-electron chi connectivity index (χ1n) is 5.90. The molecular formula is C12H13NO7S2. The van der Waals surface area contributed by atoms with Crippen molar-refractivity contribution in [3.8, 4) is 5.75 Å². The first-order valence-corrected chi connectivity index (χ1v) is 8.78. The van der Waals surface area contributed by atoms with Crippen molar-refractivity contribution in [2.75, 3.05) is 12.4 Å². The second kappa shape index (κ2) is 5.09. The monoisotopic (exact) mass is 347 g/mol. The molecular weight excluding hydrogens is 334 g/mol. The second-order valence-electron chi connectivity index (χ2n) is 4.62. The average molecular weight is 347 g/mol. The van der Waals surface area contributed by atoms with Gasteiger partial charge < -0.3 is 10.4 Å². The maximum absolute atomic E-state index is 11.3. The van der Waals surface area contributed by atoms with Crippen molar-refractivity contribution < 1.29 is 31.0 Å². The highest BCUT2D eigenvalue weighted by Crippen LogP contribution is 2.39. The fourth-order valence-corrected chi connectivity index (χ4v) is 3.49. The maximum atomic E-state index is 11.3. The van der Waals surface area contributed by atoms with Crippen LogP contribution in [-0.2, 0) is 20.2 Å². The molecule has 22 heavy (non-hydrogen) atoms. The molecule has 120 valence electrons. The molecule has 0 fully saturated rings. The van der Waals surface area contributed by atoms with Crippen molar-refractivity contribution in [3.63, 3.8) is 0 Å². The van der Waals surface area contributed by atoms with Crippen LogP contribution in [-0.4, -0.2) is 38.1 Å². The SMILES string of the molecule is CNc1cc(S(=O)(=O)O)cc2cc(S(=O)(=O)O)c(C)c(O)c12. The van der Waals surface area contributed by atoms with Gasteiger partial charge in [0.05, 0.1) is 4.90 Å². The standard InChI is InChI=1S/C12H13NO7S2/c1-6-10(22(18,19)20)4-7-3-8(21(15,16)17)5-9(13-2)11(7)12(6)14/h3-5,13-14H,1-2H3,(H,15,16,17)(H,18,19,20). The molecule has 10 heteroatoms. The van der Waals surface area contributed by atoms with Gasteiger partial charge in [-0.15, -0.1) is 0 Å². The quantitative estimate of drug-likeness (QED) is 0.610. The van der Waals surface area contributed by atoms with E-state index in [9.17, 15) is 26.5 Å². The van der Waals surface area contributed by atoms with E-state index in [0.717, 1.165) is 18.2 Å². The minimum absolute atomic E-state index is 0.0233. The van der Waals surface area contributed by atoms with Crippen LogP contribution in [0, 0.1) is 6.92 Å². The van der Waals surface area contributed by atoms with Crippen LogP contribution in [0.2, 0.25) is 0 Å². The first kappa shape index (κ1) is 16.5. The summed E-state index contributed by atoms with van der Waals surface area (Å²) in [6, 6.07) is 3.12. The maximum Gasteiger partial charge on any atom is 0.294 e. The van der Waals surface area contributed by atoms with E-state index in [1.165, 1.54) is 14.0 Å². The number of hydrogen-bond acceptors (Lipinski definition) is 6. The molecule has 2 rings (SSSR count). The molecule has 0 bridgehead atoms. The molecule has 0 spiro atoms. The van der Waals surface area contributed by atoms with Gasteiger partial charge in [0.1, 0.15) is 10.6 Å². The van der Waals surface area contributed by atoms with Crippen LogP contribution in [0.3, 0.4) is 0 Å². The summed E-state index contributed by atoms with van der Waals surface area (Å²) < 4.78 is 63.6. The van der Waals surface area contributed by atoms with Gasteiger partial charge in [-0.25, -0.2) is 0 Å². The number of fused-ring (bicyclic) bond motifs is 1. The van der Waals surface area contributed by atoms with Crippen molar-refractivity contribution in [1.82, 2.24) is 0 Å². The molecule has 2 aromatic carbocycles.